The Morgan fingerprint density at radius 3 is 2.50 bits per heavy atom. The zero-order valence-electron chi connectivity index (χ0n) is 16.7. The molecule has 1 aliphatic rings. The fourth-order valence-electron chi connectivity index (χ4n) is 3.66. The molecule has 2 heterocycles. The monoisotopic (exact) mass is 443 g/mol. The molecule has 3 aromatic rings. The van der Waals surface area contributed by atoms with E-state index in [4.69, 9.17) is 0 Å². The molecule has 1 fully saturated rings. The number of hydrogen-bond donors (Lipinski definition) is 1. The molecule has 2 aromatic carbocycles. The molecule has 0 bridgehead atoms. The van der Waals surface area contributed by atoms with Gasteiger partial charge in [0.05, 0.1) is 4.90 Å². The highest BCUT2D eigenvalue weighted by atomic mass is 32.2. The minimum atomic E-state index is -3.64. The summed E-state index contributed by atoms with van der Waals surface area (Å²) in [4.78, 5) is 16.9. The van der Waals surface area contributed by atoms with Crippen molar-refractivity contribution >= 4 is 38.0 Å². The minimum absolute atomic E-state index is 0.00797. The molecule has 1 saturated heterocycles. The van der Waals surface area contributed by atoms with E-state index in [1.165, 1.54) is 5.56 Å². The average Bonchev–Trinajstić information content (AvgIpc) is 3.27. The second-order valence-electron chi connectivity index (χ2n) is 7.45. The molecule has 1 N–H and O–H groups in total. The Morgan fingerprint density at radius 2 is 1.77 bits per heavy atom. The second-order valence-corrected chi connectivity index (χ2v) is 9.99. The van der Waals surface area contributed by atoms with E-state index in [0.29, 0.717) is 13.1 Å². The van der Waals surface area contributed by atoms with Crippen LogP contribution in [0.4, 0.5) is 0 Å². The van der Waals surface area contributed by atoms with Crippen LogP contribution < -0.4 is 4.72 Å². The van der Waals surface area contributed by atoms with Crippen molar-refractivity contribution in [2.24, 2.45) is 0 Å². The van der Waals surface area contributed by atoms with E-state index in [2.05, 4.69) is 26.4 Å². The summed E-state index contributed by atoms with van der Waals surface area (Å²) in [5, 5.41) is 6.09. The van der Waals surface area contributed by atoms with Gasteiger partial charge in [-0.2, -0.15) is 11.3 Å². The van der Waals surface area contributed by atoms with Crippen molar-refractivity contribution in [3.05, 3.63) is 64.9 Å². The highest BCUT2D eigenvalue weighted by Gasteiger charge is 2.22. The quantitative estimate of drug-likeness (QED) is 0.610. The van der Waals surface area contributed by atoms with Crippen LogP contribution in [0.25, 0.3) is 10.8 Å². The van der Waals surface area contributed by atoms with E-state index in [9.17, 15) is 13.2 Å². The van der Waals surface area contributed by atoms with Gasteiger partial charge in [-0.1, -0.05) is 30.3 Å². The van der Waals surface area contributed by atoms with Crippen LogP contribution in [0, 0.1) is 0 Å². The number of carbonyl (C=O) groups is 1. The van der Waals surface area contributed by atoms with Gasteiger partial charge in [0, 0.05) is 45.7 Å². The van der Waals surface area contributed by atoms with Gasteiger partial charge in [0.2, 0.25) is 15.9 Å². The molecule has 1 aliphatic heterocycles. The Balaban J connectivity index is 1.25. The molecule has 4 rings (SSSR count). The third-order valence-electron chi connectivity index (χ3n) is 5.37. The van der Waals surface area contributed by atoms with Crippen molar-refractivity contribution in [2.45, 2.75) is 17.9 Å². The second kappa shape index (κ2) is 9.26. The summed E-state index contributed by atoms with van der Waals surface area (Å²) >= 11 is 1.70. The summed E-state index contributed by atoms with van der Waals surface area (Å²) < 4.78 is 27.7. The third kappa shape index (κ3) is 5.07. The fraction of sp³-hybridized carbons (Fsp3) is 0.318. The van der Waals surface area contributed by atoms with Crippen molar-refractivity contribution in [3.8, 4) is 0 Å². The Hall–Kier alpha value is -2.26. The summed E-state index contributed by atoms with van der Waals surface area (Å²) in [5.74, 6) is -0.00797. The lowest BCUT2D eigenvalue weighted by atomic mass is 10.1. The smallest absolute Gasteiger partial charge is 0.240 e. The van der Waals surface area contributed by atoms with Gasteiger partial charge >= 0.3 is 0 Å². The molecule has 1 aromatic heterocycles. The minimum Gasteiger partial charge on any atom is -0.340 e. The van der Waals surface area contributed by atoms with Gasteiger partial charge in [0.1, 0.15) is 0 Å². The molecule has 0 atom stereocenters. The van der Waals surface area contributed by atoms with Crippen LogP contribution in [0.3, 0.4) is 0 Å². The molecule has 158 valence electrons. The summed E-state index contributed by atoms with van der Waals surface area (Å²) in [7, 11) is -3.64. The van der Waals surface area contributed by atoms with Gasteiger partial charge in [-0.3, -0.25) is 9.69 Å². The van der Waals surface area contributed by atoms with Crippen molar-refractivity contribution in [2.75, 3.05) is 32.7 Å². The van der Waals surface area contributed by atoms with Crippen LogP contribution in [0.2, 0.25) is 0 Å². The van der Waals surface area contributed by atoms with E-state index in [1.807, 2.05) is 29.2 Å². The highest BCUT2D eigenvalue weighted by Crippen LogP contribution is 2.19. The van der Waals surface area contributed by atoms with Crippen molar-refractivity contribution < 1.29 is 13.2 Å². The first-order valence-electron chi connectivity index (χ1n) is 10.0. The number of fused-ring (bicyclic) bond motifs is 1. The van der Waals surface area contributed by atoms with Gasteiger partial charge in [-0.15, -0.1) is 0 Å². The molecule has 8 heteroatoms. The van der Waals surface area contributed by atoms with E-state index in [1.54, 1.807) is 29.5 Å². The Morgan fingerprint density at radius 1 is 1.00 bits per heavy atom. The van der Waals surface area contributed by atoms with Gasteiger partial charge in [0.15, 0.2) is 0 Å². The topological polar surface area (TPSA) is 69.7 Å². The summed E-state index contributed by atoms with van der Waals surface area (Å²) in [5.41, 5.74) is 1.31. The molecule has 0 aliphatic carbocycles. The highest BCUT2D eigenvalue weighted by molar-refractivity contribution is 7.89. The maximum Gasteiger partial charge on any atom is 0.240 e. The van der Waals surface area contributed by atoms with E-state index in [0.717, 1.165) is 30.4 Å². The van der Waals surface area contributed by atoms with Crippen LogP contribution in [0.15, 0.2) is 64.2 Å². The first-order valence-corrected chi connectivity index (χ1v) is 12.4. The zero-order chi connectivity index (χ0) is 21.0. The summed E-state index contributed by atoms with van der Waals surface area (Å²) in [6.07, 6.45) is 0.164. The Kier molecular flexibility index (Phi) is 6.48. The standard InChI is InChI=1S/C22H25N3O3S2/c26-22(25-12-10-24(11-13-25)16-18-8-14-29-17-18)7-9-23-30(27,28)21-6-5-19-3-1-2-4-20(19)15-21/h1-6,8,14-15,17,23H,7,9-13,16H2. The molecule has 0 radical (unpaired) electrons. The maximum absolute atomic E-state index is 12.6. The largest absolute Gasteiger partial charge is 0.340 e. The van der Waals surface area contributed by atoms with Gasteiger partial charge in [-0.25, -0.2) is 13.1 Å². The number of hydrogen-bond acceptors (Lipinski definition) is 5. The number of thiophene rings is 1. The van der Waals surface area contributed by atoms with Crippen LogP contribution in [-0.4, -0.2) is 56.8 Å². The number of benzene rings is 2. The molecule has 6 nitrogen and oxygen atoms in total. The molecular formula is C22H25N3O3S2. The molecule has 0 unspecified atom stereocenters. The van der Waals surface area contributed by atoms with Crippen molar-refractivity contribution in [3.63, 3.8) is 0 Å². The SMILES string of the molecule is O=C(CCNS(=O)(=O)c1ccc2ccccc2c1)N1CCN(Cc2ccsc2)CC1. The number of amides is 1. The molecule has 0 spiro atoms. The normalized spacial score (nSPS) is 15.5. The third-order valence-corrected chi connectivity index (χ3v) is 7.56. The number of carbonyl (C=O) groups excluding carboxylic acids is 1. The van der Waals surface area contributed by atoms with Crippen LogP contribution >= 0.6 is 11.3 Å². The molecular weight excluding hydrogens is 418 g/mol. The summed E-state index contributed by atoms with van der Waals surface area (Å²) in [6.45, 7) is 4.05. The number of sulfonamides is 1. The lowest BCUT2D eigenvalue weighted by Crippen LogP contribution is -2.48. The molecule has 30 heavy (non-hydrogen) atoms. The predicted octanol–water partition coefficient (Wildman–Crippen LogP) is 2.91. The molecule has 1 amide bonds. The number of rotatable bonds is 7. The Labute approximate surface area is 181 Å². The van der Waals surface area contributed by atoms with E-state index in [-0.39, 0.29) is 23.8 Å². The van der Waals surface area contributed by atoms with Crippen LogP contribution in [-0.2, 0) is 21.4 Å². The Bertz CT molecular complexity index is 1110. The van der Waals surface area contributed by atoms with Gasteiger partial charge in [-0.05, 0) is 45.3 Å². The lowest BCUT2D eigenvalue weighted by molar-refractivity contribution is -0.132. The van der Waals surface area contributed by atoms with Gasteiger partial charge < -0.3 is 4.90 Å². The van der Waals surface area contributed by atoms with Crippen molar-refractivity contribution in [1.82, 2.24) is 14.5 Å². The summed E-state index contributed by atoms with van der Waals surface area (Å²) in [6, 6.07) is 14.8. The van der Waals surface area contributed by atoms with Crippen molar-refractivity contribution in [1.29, 1.82) is 0 Å². The van der Waals surface area contributed by atoms with Crippen LogP contribution in [0.1, 0.15) is 12.0 Å². The predicted molar refractivity (Wildman–Crippen MR) is 120 cm³/mol. The first kappa shape index (κ1) is 21.0. The number of piperazine rings is 1. The first-order chi connectivity index (χ1) is 14.5. The van der Waals surface area contributed by atoms with Gasteiger partial charge in [0.25, 0.3) is 0 Å². The van der Waals surface area contributed by atoms with Crippen LogP contribution in [0.5, 0.6) is 0 Å². The maximum atomic E-state index is 12.6. The average molecular weight is 444 g/mol. The van der Waals surface area contributed by atoms with E-state index < -0.39 is 10.0 Å². The fourth-order valence-corrected chi connectivity index (χ4v) is 5.39. The lowest BCUT2D eigenvalue weighted by Gasteiger charge is -2.34. The number of nitrogens with zero attached hydrogens (tertiary/aromatic N) is 2. The molecule has 0 saturated carbocycles. The zero-order valence-corrected chi connectivity index (χ0v) is 18.3. The number of nitrogens with one attached hydrogen (secondary N) is 1. The van der Waals surface area contributed by atoms with E-state index >= 15 is 0 Å².